The number of anilines is 1. The van der Waals surface area contributed by atoms with Crippen LogP contribution >= 0.6 is 0 Å². The van der Waals surface area contributed by atoms with Gasteiger partial charge in [-0.25, -0.2) is 13.8 Å². The predicted octanol–water partition coefficient (Wildman–Crippen LogP) is 2.61. The molecule has 0 saturated carbocycles. The second-order valence-corrected chi connectivity index (χ2v) is 3.44. The van der Waals surface area contributed by atoms with E-state index in [1.54, 1.807) is 0 Å². The summed E-state index contributed by atoms with van der Waals surface area (Å²) in [5.41, 5.74) is 5.97. The number of nitrogens with two attached hydrogens (primary N) is 1. The Balaban J connectivity index is 2.31. The van der Waals surface area contributed by atoms with Crippen LogP contribution in [0, 0.1) is 23.0 Å². The summed E-state index contributed by atoms with van der Waals surface area (Å²) in [6, 6.07) is 5.95. The molecule has 90 valence electrons. The first-order chi connectivity index (χ1) is 8.58. The lowest BCUT2D eigenvalue weighted by Crippen LogP contribution is -1.96. The standard InChI is InChI=1S/C12H7F2N3O/c13-8-2-9(14)4-10(3-8)18-12-11(16)1-7(5-15)6-17-12/h1-4,6H,16H2. The van der Waals surface area contributed by atoms with Gasteiger partial charge in [0.15, 0.2) is 0 Å². The third kappa shape index (κ3) is 2.52. The van der Waals surface area contributed by atoms with Gasteiger partial charge in [-0.2, -0.15) is 5.26 Å². The number of hydrogen-bond acceptors (Lipinski definition) is 4. The van der Waals surface area contributed by atoms with Gasteiger partial charge in [-0.3, -0.25) is 0 Å². The highest BCUT2D eigenvalue weighted by Gasteiger charge is 2.07. The van der Waals surface area contributed by atoms with Crippen LogP contribution in [0.25, 0.3) is 0 Å². The highest BCUT2D eigenvalue weighted by Crippen LogP contribution is 2.26. The molecule has 0 aliphatic carbocycles. The zero-order valence-corrected chi connectivity index (χ0v) is 9.02. The number of nitrogens with zero attached hydrogens (tertiary/aromatic N) is 2. The van der Waals surface area contributed by atoms with E-state index in [9.17, 15) is 8.78 Å². The van der Waals surface area contributed by atoms with Crippen molar-refractivity contribution < 1.29 is 13.5 Å². The summed E-state index contributed by atoms with van der Waals surface area (Å²) in [5, 5.41) is 8.63. The Morgan fingerprint density at radius 2 is 1.83 bits per heavy atom. The Hall–Kier alpha value is -2.68. The lowest BCUT2D eigenvalue weighted by Gasteiger charge is -2.07. The number of hydrogen-bond donors (Lipinski definition) is 1. The van der Waals surface area contributed by atoms with Crippen molar-refractivity contribution in [2.45, 2.75) is 0 Å². The summed E-state index contributed by atoms with van der Waals surface area (Å²) in [4.78, 5) is 3.79. The third-order valence-corrected chi connectivity index (χ3v) is 2.06. The van der Waals surface area contributed by atoms with E-state index in [0.29, 0.717) is 0 Å². The number of halogens is 2. The van der Waals surface area contributed by atoms with Crippen LogP contribution in [0.15, 0.2) is 30.5 Å². The van der Waals surface area contributed by atoms with E-state index in [-0.39, 0.29) is 22.9 Å². The highest BCUT2D eigenvalue weighted by molar-refractivity contribution is 5.53. The first kappa shape index (κ1) is 11.8. The minimum absolute atomic E-state index is 0.0148. The summed E-state index contributed by atoms with van der Waals surface area (Å²) in [6.07, 6.45) is 1.25. The fourth-order valence-electron chi connectivity index (χ4n) is 1.31. The number of aromatic nitrogens is 1. The minimum Gasteiger partial charge on any atom is -0.437 e. The van der Waals surface area contributed by atoms with Gasteiger partial charge >= 0.3 is 0 Å². The molecule has 0 saturated heterocycles. The van der Waals surface area contributed by atoms with Crippen molar-refractivity contribution in [2.75, 3.05) is 5.73 Å². The molecule has 0 fully saturated rings. The minimum atomic E-state index is -0.766. The molecule has 1 aromatic carbocycles. The molecular formula is C12H7F2N3O. The molecule has 4 nitrogen and oxygen atoms in total. The number of rotatable bonds is 2. The Labute approximate surface area is 101 Å². The van der Waals surface area contributed by atoms with E-state index in [0.717, 1.165) is 18.2 Å². The van der Waals surface area contributed by atoms with Crippen LogP contribution in [0.1, 0.15) is 5.56 Å². The van der Waals surface area contributed by atoms with Gasteiger partial charge in [-0.15, -0.1) is 0 Å². The van der Waals surface area contributed by atoms with Crippen LogP contribution in [0.5, 0.6) is 11.6 Å². The number of benzene rings is 1. The predicted molar refractivity (Wildman–Crippen MR) is 59.8 cm³/mol. The SMILES string of the molecule is N#Cc1cnc(Oc2cc(F)cc(F)c2)c(N)c1. The molecule has 2 rings (SSSR count). The van der Waals surface area contributed by atoms with E-state index in [4.69, 9.17) is 15.7 Å². The monoisotopic (exact) mass is 247 g/mol. The molecule has 18 heavy (non-hydrogen) atoms. The van der Waals surface area contributed by atoms with E-state index < -0.39 is 11.6 Å². The van der Waals surface area contributed by atoms with E-state index >= 15 is 0 Å². The van der Waals surface area contributed by atoms with Crippen molar-refractivity contribution in [3.05, 3.63) is 47.7 Å². The van der Waals surface area contributed by atoms with Gasteiger partial charge in [0.1, 0.15) is 23.5 Å². The van der Waals surface area contributed by atoms with E-state index in [1.165, 1.54) is 12.3 Å². The fraction of sp³-hybridized carbons (Fsp3) is 0. The molecule has 0 radical (unpaired) electrons. The van der Waals surface area contributed by atoms with Gasteiger partial charge < -0.3 is 10.5 Å². The van der Waals surface area contributed by atoms with Crippen LogP contribution < -0.4 is 10.5 Å². The van der Waals surface area contributed by atoms with Crippen molar-refractivity contribution in [3.8, 4) is 17.7 Å². The topological polar surface area (TPSA) is 71.9 Å². The fourth-order valence-corrected chi connectivity index (χ4v) is 1.31. The number of ether oxygens (including phenoxy) is 1. The van der Waals surface area contributed by atoms with Gasteiger partial charge in [0.2, 0.25) is 5.88 Å². The van der Waals surface area contributed by atoms with Crippen LogP contribution in [0.3, 0.4) is 0 Å². The molecule has 2 aromatic rings. The quantitative estimate of drug-likeness (QED) is 0.885. The lowest BCUT2D eigenvalue weighted by molar-refractivity contribution is 0.453. The van der Waals surface area contributed by atoms with Gasteiger partial charge in [0, 0.05) is 24.4 Å². The van der Waals surface area contributed by atoms with Crippen molar-refractivity contribution in [1.82, 2.24) is 4.98 Å². The van der Waals surface area contributed by atoms with Gasteiger partial charge in [0.05, 0.1) is 11.3 Å². The van der Waals surface area contributed by atoms with E-state index in [1.807, 2.05) is 6.07 Å². The molecule has 1 aromatic heterocycles. The second kappa shape index (κ2) is 4.67. The Morgan fingerprint density at radius 1 is 1.17 bits per heavy atom. The average molecular weight is 247 g/mol. The van der Waals surface area contributed by atoms with Crippen LogP contribution in [0.2, 0.25) is 0 Å². The zero-order chi connectivity index (χ0) is 13.1. The molecular weight excluding hydrogens is 240 g/mol. The van der Waals surface area contributed by atoms with Crippen molar-refractivity contribution in [2.24, 2.45) is 0 Å². The van der Waals surface area contributed by atoms with Crippen LogP contribution in [0.4, 0.5) is 14.5 Å². The number of pyridine rings is 1. The summed E-state index contributed by atoms with van der Waals surface area (Å²) in [6.45, 7) is 0. The molecule has 0 aliphatic rings. The highest BCUT2D eigenvalue weighted by atomic mass is 19.1. The molecule has 2 N–H and O–H groups in total. The first-order valence-corrected chi connectivity index (χ1v) is 4.88. The van der Waals surface area contributed by atoms with Crippen molar-refractivity contribution in [3.63, 3.8) is 0 Å². The Kier molecular flexibility index (Phi) is 3.06. The smallest absolute Gasteiger partial charge is 0.242 e. The number of nitriles is 1. The summed E-state index contributed by atoms with van der Waals surface area (Å²) in [5.74, 6) is -1.61. The normalized spacial score (nSPS) is 9.83. The third-order valence-electron chi connectivity index (χ3n) is 2.06. The zero-order valence-electron chi connectivity index (χ0n) is 9.02. The van der Waals surface area contributed by atoms with Crippen molar-refractivity contribution in [1.29, 1.82) is 5.26 Å². The number of nitrogen functional groups attached to an aromatic ring is 1. The van der Waals surface area contributed by atoms with Crippen molar-refractivity contribution >= 4 is 5.69 Å². The maximum atomic E-state index is 12.9. The van der Waals surface area contributed by atoms with Gasteiger partial charge in [-0.05, 0) is 6.07 Å². The maximum absolute atomic E-state index is 12.9. The molecule has 0 atom stereocenters. The average Bonchev–Trinajstić information content (AvgIpc) is 2.30. The maximum Gasteiger partial charge on any atom is 0.242 e. The summed E-state index contributed by atoms with van der Waals surface area (Å²) >= 11 is 0. The largest absolute Gasteiger partial charge is 0.437 e. The molecule has 0 spiro atoms. The van der Waals surface area contributed by atoms with E-state index in [2.05, 4.69) is 4.98 Å². The summed E-state index contributed by atoms with van der Waals surface area (Å²) < 4.78 is 31.0. The second-order valence-electron chi connectivity index (χ2n) is 3.44. The molecule has 0 bridgehead atoms. The van der Waals surface area contributed by atoms with Gasteiger partial charge in [0.25, 0.3) is 0 Å². The van der Waals surface area contributed by atoms with Crippen LogP contribution in [-0.4, -0.2) is 4.98 Å². The summed E-state index contributed by atoms with van der Waals surface area (Å²) in [7, 11) is 0. The molecule has 0 unspecified atom stereocenters. The van der Waals surface area contributed by atoms with Crippen LogP contribution in [-0.2, 0) is 0 Å². The molecule has 1 heterocycles. The molecule has 0 amide bonds. The molecule has 0 aliphatic heterocycles. The van der Waals surface area contributed by atoms with Gasteiger partial charge in [-0.1, -0.05) is 0 Å². The molecule has 6 heteroatoms. The lowest BCUT2D eigenvalue weighted by atomic mass is 10.3. The first-order valence-electron chi connectivity index (χ1n) is 4.88. The Bertz CT molecular complexity index is 617. The Morgan fingerprint density at radius 3 is 2.39 bits per heavy atom.